The Hall–Kier alpha value is -1.99. The number of hydrogen-bond acceptors (Lipinski definition) is 3. The van der Waals surface area contributed by atoms with Crippen molar-refractivity contribution in [1.29, 1.82) is 0 Å². The van der Waals surface area contributed by atoms with Crippen molar-refractivity contribution in [3.63, 3.8) is 0 Å². The summed E-state index contributed by atoms with van der Waals surface area (Å²) in [7, 11) is 0. The number of carbonyl (C=O) groups is 3. The largest absolute Gasteiger partial charge is 0.480 e. The Morgan fingerprint density at radius 3 is 2.37 bits per heavy atom. The predicted octanol–water partition coefficient (Wildman–Crippen LogP) is 3.55. The highest BCUT2D eigenvalue weighted by Crippen LogP contribution is 2.60. The topological polar surface area (TPSA) is 108 Å². The summed E-state index contributed by atoms with van der Waals surface area (Å²) >= 11 is 12.0. The lowest BCUT2D eigenvalue weighted by Gasteiger charge is -2.31. The molecule has 4 N–H and O–H groups in total. The van der Waals surface area contributed by atoms with Gasteiger partial charge in [0.05, 0.1) is 22.2 Å². The van der Waals surface area contributed by atoms with E-state index < -0.39 is 23.9 Å². The summed E-state index contributed by atoms with van der Waals surface area (Å²) in [6, 6.07) is 2.86. The molecular formula is C21H27Cl2N3O4. The van der Waals surface area contributed by atoms with E-state index in [0.29, 0.717) is 17.8 Å². The minimum atomic E-state index is -1.33. The smallest absolute Gasteiger partial charge is 0.328 e. The van der Waals surface area contributed by atoms with Crippen LogP contribution in [0.4, 0.5) is 4.79 Å². The SMILES string of the molecule is CC1CC2CC(NC(=O)NC[C@H](NC(=O)c3c(Cl)cccc3Cl)C(=O)O)C1C2(C)C. The van der Waals surface area contributed by atoms with E-state index in [1.807, 2.05) is 0 Å². The summed E-state index contributed by atoms with van der Waals surface area (Å²) in [6.45, 7) is 6.45. The maximum absolute atomic E-state index is 12.4. The molecule has 5 atom stereocenters. The van der Waals surface area contributed by atoms with Crippen LogP contribution in [0.5, 0.6) is 0 Å². The van der Waals surface area contributed by atoms with Crippen LogP contribution in [0, 0.1) is 23.2 Å². The van der Waals surface area contributed by atoms with Gasteiger partial charge in [-0.1, -0.05) is 50.0 Å². The molecule has 0 spiro atoms. The molecule has 0 radical (unpaired) electrons. The molecule has 9 heteroatoms. The first-order valence-electron chi connectivity index (χ1n) is 10.0. The number of carboxylic acids is 1. The molecule has 3 amide bonds. The van der Waals surface area contributed by atoms with Gasteiger partial charge in [0.2, 0.25) is 0 Å². The van der Waals surface area contributed by atoms with Gasteiger partial charge in [0, 0.05) is 6.04 Å². The van der Waals surface area contributed by atoms with E-state index >= 15 is 0 Å². The summed E-state index contributed by atoms with van der Waals surface area (Å²) in [5.41, 5.74) is 0.179. The van der Waals surface area contributed by atoms with Gasteiger partial charge in [-0.3, -0.25) is 4.79 Å². The van der Waals surface area contributed by atoms with Gasteiger partial charge in [-0.2, -0.15) is 0 Å². The third-order valence-electron chi connectivity index (χ3n) is 6.73. The molecule has 2 saturated carbocycles. The number of benzene rings is 1. The van der Waals surface area contributed by atoms with Gasteiger partial charge in [0.1, 0.15) is 6.04 Å². The molecule has 0 saturated heterocycles. The van der Waals surface area contributed by atoms with Crippen LogP contribution in [0.3, 0.4) is 0 Å². The van der Waals surface area contributed by atoms with Gasteiger partial charge >= 0.3 is 12.0 Å². The first kappa shape index (κ1) is 22.7. The van der Waals surface area contributed by atoms with Crippen molar-refractivity contribution >= 4 is 41.1 Å². The van der Waals surface area contributed by atoms with Crippen molar-refractivity contribution < 1.29 is 19.5 Å². The van der Waals surface area contributed by atoms with E-state index in [9.17, 15) is 19.5 Å². The number of nitrogens with one attached hydrogen (secondary N) is 3. The van der Waals surface area contributed by atoms with Crippen LogP contribution in [0.15, 0.2) is 18.2 Å². The van der Waals surface area contributed by atoms with Gasteiger partial charge in [-0.25, -0.2) is 9.59 Å². The minimum Gasteiger partial charge on any atom is -0.480 e. The highest BCUT2D eigenvalue weighted by molar-refractivity contribution is 6.39. The standard InChI is InChI=1S/C21H27Cl2N3O4/c1-10-7-11-8-14(17(10)21(11,2)3)26-20(30)24-9-15(19(28)29)25-18(27)16-12(22)5-4-6-13(16)23/h4-6,10-11,14-15,17H,7-9H2,1-3H3,(H,25,27)(H,28,29)(H2,24,26,30)/t10?,11?,14?,15-,17?/m0/s1. The molecular weight excluding hydrogens is 429 g/mol. The first-order valence-corrected chi connectivity index (χ1v) is 10.8. The lowest BCUT2D eigenvalue weighted by Crippen LogP contribution is -2.52. The molecule has 2 bridgehead atoms. The lowest BCUT2D eigenvalue weighted by molar-refractivity contribution is -0.139. The Balaban J connectivity index is 1.57. The van der Waals surface area contributed by atoms with Gasteiger partial charge in [0.25, 0.3) is 5.91 Å². The highest BCUT2D eigenvalue weighted by atomic mass is 35.5. The molecule has 1 aromatic carbocycles. The van der Waals surface area contributed by atoms with Crippen LogP contribution < -0.4 is 16.0 Å². The maximum atomic E-state index is 12.4. The number of amides is 3. The van der Waals surface area contributed by atoms with Crippen LogP contribution in [0.1, 0.15) is 44.0 Å². The Morgan fingerprint density at radius 2 is 1.83 bits per heavy atom. The summed E-state index contributed by atoms with van der Waals surface area (Å²) < 4.78 is 0. The number of aliphatic carboxylic acids is 1. The lowest BCUT2D eigenvalue weighted by atomic mass is 9.79. The second-order valence-corrected chi connectivity index (χ2v) is 9.73. The van der Waals surface area contributed by atoms with Crippen molar-refractivity contribution in [2.75, 3.05) is 6.54 Å². The van der Waals surface area contributed by atoms with E-state index in [2.05, 4.69) is 36.7 Å². The number of fused-ring (bicyclic) bond motifs is 2. The molecule has 3 rings (SSSR count). The Labute approximate surface area is 185 Å². The van der Waals surface area contributed by atoms with Crippen LogP contribution in [0.2, 0.25) is 10.0 Å². The van der Waals surface area contributed by atoms with Gasteiger partial charge in [-0.15, -0.1) is 0 Å². The van der Waals surface area contributed by atoms with Crippen molar-refractivity contribution in [2.45, 2.75) is 45.7 Å². The Kier molecular flexibility index (Phi) is 6.53. The molecule has 164 valence electrons. The fraction of sp³-hybridized carbons (Fsp3) is 0.571. The number of carboxylic acid groups (broad SMARTS) is 1. The zero-order chi connectivity index (χ0) is 22.2. The average Bonchev–Trinajstić information content (AvgIpc) is 3.00. The predicted molar refractivity (Wildman–Crippen MR) is 115 cm³/mol. The van der Waals surface area contributed by atoms with Crippen molar-refractivity contribution in [2.24, 2.45) is 23.2 Å². The van der Waals surface area contributed by atoms with Crippen LogP contribution >= 0.6 is 23.2 Å². The first-order chi connectivity index (χ1) is 14.0. The van der Waals surface area contributed by atoms with Crippen LogP contribution in [0.25, 0.3) is 0 Å². The summed E-state index contributed by atoms with van der Waals surface area (Å²) in [5, 5.41) is 17.6. The van der Waals surface area contributed by atoms with Crippen molar-refractivity contribution in [3.05, 3.63) is 33.8 Å². The number of rotatable bonds is 6. The molecule has 0 aromatic heterocycles. The van der Waals surface area contributed by atoms with E-state index in [1.54, 1.807) is 6.07 Å². The summed E-state index contributed by atoms with van der Waals surface area (Å²) in [6.07, 6.45) is 2.11. The number of halogens is 2. The number of carbonyl (C=O) groups excluding carboxylic acids is 2. The Morgan fingerprint density at radius 1 is 1.20 bits per heavy atom. The minimum absolute atomic E-state index is 0.00488. The fourth-order valence-electron chi connectivity index (χ4n) is 5.38. The molecule has 2 fully saturated rings. The molecule has 2 aliphatic rings. The van der Waals surface area contributed by atoms with E-state index in [4.69, 9.17) is 23.2 Å². The molecule has 2 aliphatic carbocycles. The molecule has 30 heavy (non-hydrogen) atoms. The maximum Gasteiger partial charge on any atom is 0.328 e. The van der Waals surface area contributed by atoms with Crippen molar-refractivity contribution in [1.82, 2.24) is 16.0 Å². The molecule has 7 nitrogen and oxygen atoms in total. The highest BCUT2D eigenvalue weighted by Gasteiger charge is 2.56. The second kappa shape index (κ2) is 8.63. The third kappa shape index (κ3) is 4.37. The van der Waals surface area contributed by atoms with Gasteiger partial charge < -0.3 is 21.1 Å². The zero-order valence-corrected chi connectivity index (χ0v) is 18.7. The van der Waals surface area contributed by atoms with E-state index in [1.165, 1.54) is 18.6 Å². The number of hydrogen-bond donors (Lipinski definition) is 4. The molecule has 1 aromatic rings. The van der Waals surface area contributed by atoms with Crippen LogP contribution in [-0.2, 0) is 4.79 Å². The molecule has 0 aliphatic heterocycles. The van der Waals surface area contributed by atoms with E-state index in [-0.39, 0.29) is 33.6 Å². The Bertz CT molecular complexity index is 840. The molecule has 4 unspecified atom stereocenters. The monoisotopic (exact) mass is 455 g/mol. The van der Waals surface area contributed by atoms with Crippen LogP contribution in [-0.4, -0.2) is 41.6 Å². The normalized spacial score (nSPS) is 27.4. The van der Waals surface area contributed by atoms with Gasteiger partial charge in [-0.05, 0) is 48.1 Å². The van der Waals surface area contributed by atoms with Gasteiger partial charge in [0.15, 0.2) is 0 Å². The zero-order valence-electron chi connectivity index (χ0n) is 17.2. The summed E-state index contributed by atoms with van der Waals surface area (Å²) in [5.74, 6) is -0.485. The fourth-order valence-corrected chi connectivity index (χ4v) is 5.95. The quantitative estimate of drug-likeness (QED) is 0.525. The average molecular weight is 456 g/mol. The molecule has 0 heterocycles. The van der Waals surface area contributed by atoms with E-state index in [0.717, 1.165) is 6.42 Å². The summed E-state index contributed by atoms with van der Waals surface area (Å²) in [4.78, 5) is 36.4. The number of urea groups is 1. The third-order valence-corrected chi connectivity index (χ3v) is 7.36. The van der Waals surface area contributed by atoms with Crippen molar-refractivity contribution in [3.8, 4) is 0 Å². The second-order valence-electron chi connectivity index (χ2n) is 8.91.